The number of rotatable bonds is 4. The van der Waals surface area contributed by atoms with Gasteiger partial charge in [0.2, 0.25) is 0 Å². The van der Waals surface area contributed by atoms with Gasteiger partial charge in [0.05, 0.1) is 6.20 Å². The van der Waals surface area contributed by atoms with Crippen LogP contribution < -0.4 is 4.72 Å². The van der Waals surface area contributed by atoms with Gasteiger partial charge in [-0.15, -0.1) is 11.3 Å². The fraction of sp³-hybridized carbons (Fsp3) is 0. The van der Waals surface area contributed by atoms with Gasteiger partial charge in [-0.3, -0.25) is 9.82 Å². The number of thiophene rings is 1. The molecule has 2 rings (SSSR count). The zero-order valence-corrected chi connectivity index (χ0v) is 9.88. The number of hydrogen-bond acceptors (Lipinski definition) is 5. The number of carbonyl (C=O) groups is 1. The molecular formula is C8H7N3O4S2. The quantitative estimate of drug-likeness (QED) is 0.768. The van der Waals surface area contributed by atoms with Crippen molar-refractivity contribution < 1.29 is 18.3 Å². The standard InChI is InChI=1S/C8H7N3O4S2/c12-8(13)7-5(2-4-16-7)17(14,15)11-6-1-3-9-10-6/h1-4H,(H,12,13)(H2,9,10,11). The molecule has 90 valence electrons. The molecule has 2 heterocycles. The van der Waals surface area contributed by atoms with E-state index in [0.717, 1.165) is 11.3 Å². The number of carboxylic acids is 1. The predicted molar refractivity (Wildman–Crippen MR) is 60.7 cm³/mol. The number of sulfonamides is 1. The Balaban J connectivity index is 2.38. The first-order valence-electron chi connectivity index (χ1n) is 4.33. The van der Waals surface area contributed by atoms with Crippen molar-refractivity contribution in [1.29, 1.82) is 0 Å². The summed E-state index contributed by atoms with van der Waals surface area (Å²) in [6, 6.07) is 2.66. The van der Waals surface area contributed by atoms with E-state index in [1.807, 2.05) is 0 Å². The number of hydrogen-bond donors (Lipinski definition) is 3. The molecule has 0 saturated carbocycles. The second-order valence-corrected chi connectivity index (χ2v) is 5.56. The van der Waals surface area contributed by atoms with Crippen LogP contribution in [-0.2, 0) is 10.0 Å². The van der Waals surface area contributed by atoms with E-state index in [2.05, 4.69) is 14.9 Å². The molecule has 17 heavy (non-hydrogen) atoms. The molecular weight excluding hydrogens is 266 g/mol. The van der Waals surface area contributed by atoms with Gasteiger partial charge in [-0.1, -0.05) is 0 Å². The highest BCUT2D eigenvalue weighted by molar-refractivity contribution is 7.93. The van der Waals surface area contributed by atoms with E-state index in [1.165, 1.54) is 23.7 Å². The van der Waals surface area contributed by atoms with Crippen molar-refractivity contribution in [2.24, 2.45) is 0 Å². The second-order valence-electron chi connectivity index (χ2n) is 2.99. The molecule has 0 unspecified atom stereocenters. The largest absolute Gasteiger partial charge is 0.477 e. The predicted octanol–water partition coefficient (Wildman–Crippen LogP) is 0.970. The number of aromatic amines is 1. The van der Waals surface area contributed by atoms with E-state index in [4.69, 9.17) is 5.11 Å². The first kappa shape index (κ1) is 11.6. The monoisotopic (exact) mass is 273 g/mol. The zero-order valence-electron chi connectivity index (χ0n) is 8.25. The number of anilines is 1. The van der Waals surface area contributed by atoms with Crippen LogP contribution in [0.1, 0.15) is 9.67 Å². The molecule has 0 saturated heterocycles. The number of aromatic carboxylic acids is 1. The topological polar surface area (TPSA) is 112 Å². The van der Waals surface area contributed by atoms with Crippen LogP contribution in [0.15, 0.2) is 28.6 Å². The molecule has 2 aromatic heterocycles. The number of H-pyrrole nitrogens is 1. The van der Waals surface area contributed by atoms with E-state index in [0.29, 0.717) is 0 Å². The third kappa shape index (κ3) is 2.29. The fourth-order valence-electron chi connectivity index (χ4n) is 1.18. The van der Waals surface area contributed by atoms with Gasteiger partial charge in [0.25, 0.3) is 10.0 Å². The summed E-state index contributed by atoms with van der Waals surface area (Å²) in [4.78, 5) is 10.3. The fourth-order valence-corrected chi connectivity index (χ4v) is 3.45. The molecule has 0 aliphatic carbocycles. The van der Waals surface area contributed by atoms with Crippen molar-refractivity contribution in [2.45, 2.75) is 4.90 Å². The van der Waals surface area contributed by atoms with Gasteiger partial charge in [-0.2, -0.15) is 5.10 Å². The maximum absolute atomic E-state index is 11.9. The number of nitrogens with zero attached hydrogens (tertiary/aromatic N) is 1. The smallest absolute Gasteiger partial charge is 0.347 e. The molecule has 0 aromatic carbocycles. The molecule has 0 aliphatic heterocycles. The molecule has 9 heteroatoms. The molecule has 2 aromatic rings. The molecule has 0 aliphatic rings. The minimum Gasteiger partial charge on any atom is -0.477 e. The summed E-state index contributed by atoms with van der Waals surface area (Å²) < 4.78 is 25.9. The van der Waals surface area contributed by atoms with Crippen LogP contribution in [0, 0.1) is 0 Å². The van der Waals surface area contributed by atoms with Crippen molar-refractivity contribution in [2.75, 3.05) is 4.72 Å². The first-order valence-corrected chi connectivity index (χ1v) is 6.70. The lowest BCUT2D eigenvalue weighted by molar-refractivity contribution is 0.0698. The lowest BCUT2D eigenvalue weighted by Gasteiger charge is -2.04. The Morgan fingerprint density at radius 3 is 2.82 bits per heavy atom. The summed E-state index contributed by atoms with van der Waals surface area (Å²) in [5.74, 6) is -1.10. The van der Waals surface area contributed by atoms with Gasteiger partial charge in [-0.25, -0.2) is 13.2 Å². The van der Waals surface area contributed by atoms with Gasteiger partial charge < -0.3 is 5.11 Å². The molecule has 0 radical (unpaired) electrons. The van der Waals surface area contributed by atoms with E-state index in [9.17, 15) is 13.2 Å². The van der Waals surface area contributed by atoms with Crippen molar-refractivity contribution >= 4 is 33.1 Å². The molecule has 0 fully saturated rings. The minimum atomic E-state index is -3.91. The molecule has 7 nitrogen and oxygen atoms in total. The van der Waals surface area contributed by atoms with E-state index in [-0.39, 0.29) is 15.6 Å². The van der Waals surface area contributed by atoms with Gasteiger partial charge in [0.1, 0.15) is 15.6 Å². The minimum absolute atomic E-state index is 0.174. The summed E-state index contributed by atoms with van der Waals surface area (Å²) in [7, 11) is -3.91. The van der Waals surface area contributed by atoms with Crippen molar-refractivity contribution in [3.63, 3.8) is 0 Å². The Bertz CT molecular complexity index is 630. The molecule has 0 amide bonds. The maximum atomic E-state index is 11.9. The molecule has 0 atom stereocenters. The summed E-state index contributed by atoms with van der Waals surface area (Å²) in [6.45, 7) is 0. The lowest BCUT2D eigenvalue weighted by Crippen LogP contribution is -2.15. The summed E-state index contributed by atoms with van der Waals surface area (Å²) >= 11 is 0.853. The summed E-state index contributed by atoms with van der Waals surface area (Å²) in [5.41, 5.74) is 0. The van der Waals surface area contributed by atoms with Crippen molar-refractivity contribution in [1.82, 2.24) is 10.2 Å². The summed E-state index contributed by atoms with van der Waals surface area (Å²) in [5, 5.41) is 16.2. The molecule has 3 N–H and O–H groups in total. The van der Waals surface area contributed by atoms with E-state index in [1.54, 1.807) is 0 Å². The Morgan fingerprint density at radius 1 is 1.47 bits per heavy atom. The second kappa shape index (κ2) is 4.18. The normalized spacial score (nSPS) is 11.3. The first-order chi connectivity index (χ1) is 8.00. The zero-order chi connectivity index (χ0) is 12.5. The lowest BCUT2D eigenvalue weighted by atomic mass is 10.5. The van der Waals surface area contributed by atoms with Crippen molar-refractivity contribution in [3.05, 3.63) is 28.6 Å². The maximum Gasteiger partial charge on any atom is 0.347 e. The number of nitrogens with one attached hydrogen (secondary N) is 2. The van der Waals surface area contributed by atoms with Crippen LogP contribution in [0.2, 0.25) is 0 Å². The highest BCUT2D eigenvalue weighted by atomic mass is 32.2. The third-order valence-corrected chi connectivity index (χ3v) is 4.30. The SMILES string of the molecule is O=C(O)c1sccc1S(=O)(=O)Nc1ccn[nH]1. The highest BCUT2D eigenvalue weighted by Gasteiger charge is 2.24. The van der Waals surface area contributed by atoms with Gasteiger partial charge >= 0.3 is 5.97 Å². The van der Waals surface area contributed by atoms with Gasteiger partial charge in [-0.05, 0) is 11.4 Å². The Hall–Kier alpha value is -1.87. The van der Waals surface area contributed by atoms with E-state index < -0.39 is 16.0 Å². The Morgan fingerprint density at radius 2 is 2.24 bits per heavy atom. The van der Waals surface area contributed by atoms with Crippen LogP contribution in [-0.4, -0.2) is 29.7 Å². The average Bonchev–Trinajstić information content (AvgIpc) is 2.84. The van der Waals surface area contributed by atoms with Crippen molar-refractivity contribution in [3.8, 4) is 0 Å². The van der Waals surface area contributed by atoms with Crippen LogP contribution in [0.25, 0.3) is 0 Å². The molecule has 0 spiro atoms. The van der Waals surface area contributed by atoms with Gasteiger partial charge in [0, 0.05) is 6.07 Å². The number of aromatic nitrogens is 2. The Kier molecular flexibility index (Phi) is 2.86. The van der Waals surface area contributed by atoms with E-state index >= 15 is 0 Å². The third-order valence-electron chi connectivity index (χ3n) is 1.86. The average molecular weight is 273 g/mol. The summed E-state index contributed by atoms with van der Waals surface area (Å²) in [6.07, 6.45) is 1.38. The Labute approximate surface area is 100 Å². The van der Waals surface area contributed by atoms with Crippen LogP contribution in [0.5, 0.6) is 0 Å². The highest BCUT2D eigenvalue weighted by Crippen LogP contribution is 2.23. The van der Waals surface area contributed by atoms with Gasteiger partial charge in [0.15, 0.2) is 0 Å². The molecule has 0 bridgehead atoms. The van der Waals surface area contributed by atoms with Crippen LogP contribution in [0.3, 0.4) is 0 Å². The van der Waals surface area contributed by atoms with Crippen LogP contribution >= 0.6 is 11.3 Å². The number of carboxylic acid groups (broad SMARTS) is 1. The van der Waals surface area contributed by atoms with Crippen LogP contribution in [0.4, 0.5) is 5.82 Å².